The number of carbonyl (C=O) groups excluding carboxylic acids is 2. The molecule has 6 N–H and O–H groups in total. The van der Waals surface area contributed by atoms with Crippen LogP contribution in [0.1, 0.15) is 29.6 Å². The van der Waals surface area contributed by atoms with E-state index in [2.05, 4.69) is 35.8 Å². The minimum Gasteiger partial charge on any atom is -0.371 e. The third kappa shape index (κ3) is 4.29. The summed E-state index contributed by atoms with van der Waals surface area (Å²) in [6, 6.07) is 8.10. The summed E-state index contributed by atoms with van der Waals surface area (Å²) < 4.78 is 0. The number of amides is 2. The molecule has 12 nitrogen and oxygen atoms in total. The highest BCUT2D eigenvalue weighted by atomic mass is 16.2. The first-order valence-corrected chi connectivity index (χ1v) is 11.0. The number of hydrogen-bond donors (Lipinski definition) is 4. The first-order chi connectivity index (χ1) is 16.0. The second kappa shape index (κ2) is 8.62. The SMILES string of the molecule is NN=NC(=O)c1cnc(Nc2ccc(N3CCC4C(=O)NCC4C3)cc2)nc1N(N)C1CC1. The summed E-state index contributed by atoms with van der Waals surface area (Å²) in [6.07, 6.45) is 4.11. The molecule has 1 aromatic carbocycles. The van der Waals surface area contributed by atoms with Gasteiger partial charge in [0.2, 0.25) is 11.9 Å². The standard InChI is InChI=1S/C21H26N10O2/c22-29-28-20(33)17-10-25-21(27-18(17)31(23)15-5-6-15)26-13-1-3-14(4-2-13)30-8-7-16-12(11-30)9-24-19(16)32/h1-4,10,12,15-16H,5-9,11,23H2,(H,24,32)(H2,22,28,33)(H,25,26,27). The lowest BCUT2D eigenvalue weighted by Gasteiger charge is -2.35. The van der Waals surface area contributed by atoms with Crippen molar-refractivity contribution in [3.63, 3.8) is 0 Å². The molecule has 33 heavy (non-hydrogen) atoms. The van der Waals surface area contributed by atoms with E-state index >= 15 is 0 Å². The molecule has 2 saturated heterocycles. The molecule has 172 valence electrons. The fourth-order valence-electron chi connectivity index (χ4n) is 4.48. The van der Waals surface area contributed by atoms with Crippen molar-refractivity contribution in [2.24, 2.45) is 33.9 Å². The number of anilines is 4. The second-order valence-corrected chi connectivity index (χ2v) is 8.61. The number of nitrogens with zero attached hydrogens (tertiary/aromatic N) is 6. The number of aromatic nitrogens is 2. The Bertz CT molecular complexity index is 1080. The Balaban J connectivity index is 1.30. The van der Waals surface area contributed by atoms with E-state index in [1.807, 2.05) is 24.3 Å². The average Bonchev–Trinajstić information content (AvgIpc) is 3.62. The number of piperidine rings is 1. The van der Waals surface area contributed by atoms with E-state index in [9.17, 15) is 9.59 Å². The molecule has 2 aromatic rings. The van der Waals surface area contributed by atoms with E-state index in [4.69, 9.17) is 11.7 Å². The van der Waals surface area contributed by atoms with Crippen LogP contribution in [-0.4, -0.2) is 47.5 Å². The maximum absolute atomic E-state index is 12.2. The van der Waals surface area contributed by atoms with E-state index < -0.39 is 5.91 Å². The highest BCUT2D eigenvalue weighted by Gasteiger charge is 2.38. The Hall–Kier alpha value is -3.80. The first kappa shape index (κ1) is 21.1. The third-order valence-electron chi connectivity index (χ3n) is 6.43. The molecule has 12 heteroatoms. The largest absolute Gasteiger partial charge is 0.371 e. The number of nitrogens with one attached hydrogen (secondary N) is 2. The van der Waals surface area contributed by atoms with Crippen molar-refractivity contribution in [3.05, 3.63) is 36.0 Å². The number of hydrazine groups is 1. The zero-order chi connectivity index (χ0) is 22.9. The first-order valence-electron chi connectivity index (χ1n) is 11.0. The Kier molecular flexibility index (Phi) is 5.50. The van der Waals surface area contributed by atoms with Crippen molar-refractivity contribution < 1.29 is 9.59 Å². The highest BCUT2D eigenvalue weighted by Crippen LogP contribution is 2.32. The topological polar surface area (TPSA) is 167 Å². The molecule has 0 bridgehead atoms. The predicted molar refractivity (Wildman–Crippen MR) is 122 cm³/mol. The van der Waals surface area contributed by atoms with Crippen LogP contribution >= 0.6 is 0 Å². The Labute approximate surface area is 190 Å². The average molecular weight is 451 g/mol. The minimum absolute atomic E-state index is 0.128. The lowest BCUT2D eigenvalue weighted by atomic mass is 9.88. The van der Waals surface area contributed by atoms with Crippen LogP contribution in [0.15, 0.2) is 40.8 Å². The monoisotopic (exact) mass is 450 g/mol. The van der Waals surface area contributed by atoms with Crippen LogP contribution in [0.2, 0.25) is 0 Å². The molecule has 2 unspecified atom stereocenters. The summed E-state index contributed by atoms with van der Waals surface area (Å²) in [5.41, 5.74) is 2.05. The highest BCUT2D eigenvalue weighted by molar-refractivity contribution is 5.99. The molecule has 1 aliphatic carbocycles. The molecular formula is C21H26N10O2. The molecule has 2 amide bonds. The van der Waals surface area contributed by atoms with Gasteiger partial charge in [-0.25, -0.2) is 10.8 Å². The Morgan fingerprint density at radius 3 is 2.76 bits per heavy atom. The van der Waals surface area contributed by atoms with Gasteiger partial charge in [0, 0.05) is 55.1 Å². The Morgan fingerprint density at radius 1 is 1.24 bits per heavy atom. The van der Waals surface area contributed by atoms with Gasteiger partial charge in [-0.1, -0.05) is 10.3 Å². The van der Waals surface area contributed by atoms with Gasteiger partial charge < -0.3 is 21.4 Å². The van der Waals surface area contributed by atoms with E-state index in [1.165, 1.54) is 11.2 Å². The summed E-state index contributed by atoms with van der Waals surface area (Å²) in [5, 5.41) is 14.0. The number of carbonyl (C=O) groups is 2. The molecule has 2 atom stereocenters. The fourth-order valence-corrected chi connectivity index (χ4v) is 4.48. The summed E-state index contributed by atoms with van der Waals surface area (Å²) >= 11 is 0. The fraction of sp³-hybridized carbons (Fsp3) is 0.429. The van der Waals surface area contributed by atoms with Crippen LogP contribution in [0.3, 0.4) is 0 Å². The molecule has 0 spiro atoms. The number of fused-ring (bicyclic) bond motifs is 1. The molecule has 1 aromatic heterocycles. The lowest BCUT2D eigenvalue weighted by molar-refractivity contribution is -0.123. The molecule has 3 aliphatic rings. The van der Waals surface area contributed by atoms with E-state index in [0.717, 1.165) is 50.3 Å². The van der Waals surface area contributed by atoms with Crippen LogP contribution in [0.4, 0.5) is 23.1 Å². The van der Waals surface area contributed by atoms with Gasteiger partial charge in [0.15, 0.2) is 5.82 Å². The van der Waals surface area contributed by atoms with Gasteiger partial charge >= 0.3 is 5.91 Å². The molecule has 1 saturated carbocycles. The smallest absolute Gasteiger partial charge is 0.302 e. The van der Waals surface area contributed by atoms with Crippen molar-refractivity contribution in [2.75, 3.05) is 34.9 Å². The minimum atomic E-state index is -0.651. The van der Waals surface area contributed by atoms with Crippen LogP contribution < -0.4 is 32.2 Å². The van der Waals surface area contributed by atoms with Gasteiger partial charge in [-0.3, -0.25) is 14.6 Å². The van der Waals surface area contributed by atoms with Gasteiger partial charge in [-0.2, -0.15) is 4.98 Å². The van der Waals surface area contributed by atoms with Crippen LogP contribution in [0, 0.1) is 11.8 Å². The van der Waals surface area contributed by atoms with Crippen LogP contribution in [0.5, 0.6) is 0 Å². The van der Waals surface area contributed by atoms with E-state index in [0.29, 0.717) is 11.9 Å². The van der Waals surface area contributed by atoms with Crippen LogP contribution in [-0.2, 0) is 4.79 Å². The number of hydrogen-bond acceptors (Lipinski definition) is 9. The van der Waals surface area contributed by atoms with Crippen molar-refractivity contribution in [3.8, 4) is 0 Å². The molecule has 3 heterocycles. The maximum Gasteiger partial charge on any atom is 0.302 e. The lowest BCUT2D eigenvalue weighted by Crippen LogP contribution is -2.40. The normalized spacial score (nSPS) is 22.2. The predicted octanol–water partition coefficient (Wildman–Crippen LogP) is 1.10. The summed E-state index contributed by atoms with van der Waals surface area (Å²) in [4.78, 5) is 35.1. The van der Waals surface area contributed by atoms with Crippen molar-refractivity contribution in [1.82, 2.24) is 15.3 Å². The van der Waals surface area contributed by atoms with Crippen molar-refractivity contribution in [2.45, 2.75) is 25.3 Å². The molecule has 3 fully saturated rings. The third-order valence-corrected chi connectivity index (χ3v) is 6.43. The number of nitrogens with two attached hydrogens (primary N) is 2. The molecule has 5 rings (SSSR count). The maximum atomic E-state index is 12.2. The van der Waals surface area contributed by atoms with E-state index in [1.54, 1.807) is 0 Å². The van der Waals surface area contributed by atoms with Gasteiger partial charge in [-0.05, 0) is 43.5 Å². The second-order valence-electron chi connectivity index (χ2n) is 8.61. The summed E-state index contributed by atoms with van der Waals surface area (Å²) in [6.45, 7) is 2.48. The number of rotatable bonds is 6. The van der Waals surface area contributed by atoms with Gasteiger partial charge in [-0.15, -0.1) is 0 Å². The number of benzene rings is 1. The van der Waals surface area contributed by atoms with E-state index in [-0.39, 0.29) is 29.2 Å². The van der Waals surface area contributed by atoms with Crippen LogP contribution in [0.25, 0.3) is 0 Å². The summed E-state index contributed by atoms with van der Waals surface area (Å²) in [7, 11) is 0. The van der Waals surface area contributed by atoms with Crippen molar-refractivity contribution >= 4 is 35.0 Å². The van der Waals surface area contributed by atoms with Gasteiger partial charge in [0.1, 0.15) is 5.56 Å². The Morgan fingerprint density at radius 2 is 2.03 bits per heavy atom. The molecule has 2 aliphatic heterocycles. The van der Waals surface area contributed by atoms with Gasteiger partial charge in [0.25, 0.3) is 0 Å². The van der Waals surface area contributed by atoms with Gasteiger partial charge in [0.05, 0.1) is 0 Å². The van der Waals surface area contributed by atoms with Crippen molar-refractivity contribution in [1.29, 1.82) is 0 Å². The zero-order valence-electron chi connectivity index (χ0n) is 18.0. The zero-order valence-corrected chi connectivity index (χ0v) is 18.0. The molecule has 0 radical (unpaired) electrons. The molecular weight excluding hydrogens is 424 g/mol. The quantitative estimate of drug-likeness (QED) is 0.286. The summed E-state index contributed by atoms with van der Waals surface area (Å²) in [5.74, 6) is 11.8.